The van der Waals surface area contributed by atoms with Gasteiger partial charge in [0.25, 0.3) is 0 Å². The molecule has 37 atom stereocenters. The van der Waals surface area contributed by atoms with Crippen molar-refractivity contribution in [3.8, 4) is 0 Å². The van der Waals surface area contributed by atoms with E-state index in [1.807, 2.05) is 20.8 Å². The van der Waals surface area contributed by atoms with Crippen molar-refractivity contribution in [2.45, 2.75) is 296 Å². The van der Waals surface area contributed by atoms with E-state index in [0.717, 1.165) is 18.4 Å². The summed E-state index contributed by atoms with van der Waals surface area (Å²) in [5.74, 6) is -0.582. The maximum Gasteiger partial charge on any atom is 0.397 e. The van der Waals surface area contributed by atoms with Gasteiger partial charge in [-0.3, -0.25) is 4.55 Å². The Morgan fingerprint density at radius 3 is 1.78 bits per heavy atom. The highest BCUT2D eigenvalue weighted by molar-refractivity contribution is 7.80. The molecule has 0 aromatic rings. The monoisotopic (exact) mass is 1380 g/mol. The van der Waals surface area contributed by atoms with Crippen LogP contribution >= 0.6 is 0 Å². The molecule has 0 aromatic heterocycles. The van der Waals surface area contributed by atoms with Crippen LogP contribution in [0.4, 0.5) is 0 Å². The second-order valence-electron chi connectivity index (χ2n) is 28.5. The van der Waals surface area contributed by atoms with Gasteiger partial charge in [-0.05, 0) is 127 Å². The lowest BCUT2D eigenvalue weighted by molar-refractivity contribution is -0.399. The zero-order valence-electron chi connectivity index (χ0n) is 53.6. The highest BCUT2D eigenvalue weighted by atomic mass is 32.3. The Balaban J connectivity index is 0.898. The lowest BCUT2D eigenvalue weighted by Crippen LogP contribution is -2.67. The fourth-order valence-corrected chi connectivity index (χ4v) is 17.3. The molecule has 37 unspecified atom stereocenters. The molecule has 3 saturated carbocycles. The molecule has 0 aromatic carbocycles. The van der Waals surface area contributed by atoms with Crippen molar-refractivity contribution in [2.24, 2.45) is 34.5 Å². The molecule has 0 radical (unpaired) electrons. The number of allylic oxidation sites excluding steroid dienone is 4. The number of aliphatic hydroxyl groups excluding tert-OH is 15. The molecule has 10 aliphatic rings. The molecule has 6 saturated heterocycles. The van der Waals surface area contributed by atoms with Gasteiger partial charge < -0.3 is 139 Å². The van der Waals surface area contributed by atoms with E-state index in [1.54, 1.807) is 0 Å². The zero-order valence-corrected chi connectivity index (χ0v) is 54.4. The minimum Gasteiger partial charge on any atom is -0.394 e. The summed E-state index contributed by atoms with van der Waals surface area (Å²) in [6.07, 6.45) is -43.0. The zero-order chi connectivity index (χ0) is 68.6. The van der Waals surface area contributed by atoms with Gasteiger partial charge in [0.2, 0.25) is 0 Å². The van der Waals surface area contributed by atoms with E-state index in [-0.39, 0.29) is 36.0 Å². The van der Waals surface area contributed by atoms with E-state index in [1.165, 1.54) is 19.4 Å². The third-order valence-corrected chi connectivity index (χ3v) is 22.6. The van der Waals surface area contributed by atoms with Crippen LogP contribution in [-0.4, -0.2) is 311 Å². The quantitative estimate of drug-likeness (QED) is 0.0403. The van der Waals surface area contributed by atoms with Gasteiger partial charge in [0.05, 0.1) is 56.4 Å². The Kier molecular flexibility index (Phi) is 23.6. The van der Waals surface area contributed by atoms with Crippen molar-refractivity contribution in [3.63, 3.8) is 0 Å². The molecule has 0 bridgehead atoms. The molecule has 4 aliphatic carbocycles. The SMILES string of the molecule is CC(C)=CCCC(C)(O)C1CCC2C3CC(OC4OC(C)C(O)C(OC5OCC(OC6OC(CO)C(O)C(O)C6OC6OCC(O)C(OC7OC(CO)C(O)C(O)C7O)C6O)C(O)C5OC5OC(C)C(O)C(O)C5O)C4O)C4CC(OS(=O)(=O)O)CCC4(C)C3=CCC21C. The summed E-state index contributed by atoms with van der Waals surface area (Å²) in [6.45, 7) is 9.95. The summed E-state index contributed by atoms with van der Waals surface area (Å²) < 4.78 is 112. The predicted molar refractivity (Wildman–Crippen MR) is 313 cm³/mol. The van der Waals surface area contributed by atoms with E-state index in [2.05, 4.69) is 26.0 Å². The molecule has 6 heterocycles. The van der Waals surface area contributed by atoms with Crippen LogP contribution < -0.4 is 0 Å². The topological polar surface area (TPSA) is 498 Å². The molecule has 6 aliphatic heterocycles. The lowest BCUT2D eigenvalue weighted by Gasteiger charge is -2.60. The van der Waals surface area contributed by atoms with Gasteiger partial charge in [-0.2, -0.15) is 8.42 Å². The Hall–Kier alpha value is -1.77. The Morgan fingerprint density at radius 2 is 1.13 bits per heavy atom. The van der Waals surface area contributed by atoms with Crippen molar-refractivity contribution >= 4 is 10.4 Å². The standard InChI is InChI=1S/C61H100O32S/c1-23(2)9-8-14-61(7,77)36-11-10-28-27-18-32(30-17-26(93-94(78,79)80)12-15-59(30,5)29(27)13-16-60(28,36)6)85-56-48(76)50(38(66)25(4)84-56)90-57-51(92-54-45(73)42(70)37(65)24(3)83-54)41(69)35(22-82-57)88-58-52(44(72)40(68)34(20-63)87-58)91-53-47(75)49(31(64)21-81-53)89-55-46(74)43(71)39(67)33(19-62)86-55/h9,13,24-28,30-58,62-77H,8,10-12,14-22H2,1-7H3,(H,78,79,80). The van der Waals surface area contributed by atoms with Gasteiger partial charge in [-0.15, -0.1) is 0 Å². The summed E-state index contributed by atoms with van der Waals surface area (Å²) in [7, 11) is -4.89. The Bertz CT molecular complexity index is 2690. The molecular weight excluding hydrogens is 1280 g/mol. The number of rotatable bonds is 20. The summed E-state index contributed by atoms with van der Waals surface area (Å²) >= 11 is 0. The fraction of sp³-hybridized carbons (Fsp3) is 0.934. The molecule has 0 spiro atoms. The highest BCUT2D eigenvalue weighted by Crippen LogP contribution is 2.67. The van der Waals surface area contributed by atoms with E-state index < -0.39 is 238 Å². The van der Waals surface area contributed by atoms with E-state index in [4.69, 9.17) is 61.0 Å². The maximum absolute atomic E-state index is 12.5. The number of ether oxygens (including phenoxy) is 12. The van der Waals surface area contributed by atoms with E-state index in [9.17, 15) is 94.7 Å². The number of fused-ring (bicyclic) bond motifs is 5. The number of hydrogen-bond acceptors (Lipinski definition) is 31. The average molecular weight is 1380 g/mol. The fourth-order valence-electron chi connectivity index (χ4n) is 16.8. The minimum absolute atomic E-state index is 0.0567. The summed E-state index contributed by atoms with van der Waals surface area (Å²) in [4.78, 5) is 0. The molecule has 10 rings (SSSR count). The summed E-state index contributed by atoms with van der Waals surface area (Å²) in [5.41, 5.74) is 0.386. The lowest BCUT2D eigenvalue weighted by atomic mass is 9.47. The second kappa shape index (κ2) is 29.7. The van der Waals surface area contributed by atoms with Crippen molar-refractivity contribution in [1.82, 2.24) is 0 Å². The molecule has 94 heavy (non-hydrogen) atoms. The summed E-state index contributed by atoms with van der Waals surface area (Å²) in [6, 6.07) is 0. The maximum atomic E-state index is 12.5. The van der Waals surface area contributed by atoms with Crippen LogP contribution in [0, 0.1) is 34.5 Å². The second-order valence-corrected chi connectivity index (χ2v) is 29.6. The third kappa shape index (κ3) is 14.9. The van der Waals surface area contributed by atoms with Crippen LogP contribution in [0.5, 0.6) is 0 Å². The first-order valence-electron chi connectivity index (χ1n) is 32.7. The Labute approximate surface area is 544 Å². The largest absolute Gasteiger partial charge is 0.397 e. The van der Waals surface area contributed by atoms with Crippen LogP contribution in [0.25, 0.3) is 0 Å². The molecule has 33 heteroatoms. The highest BCUT2D eigenvalue weighted by Gasteiger charge is 2.64. The molecule has 0 amide bonds. The van der Waals surface area contributed by atoms with Crippen molar-refractivity contribution < 1.29 is 156 Å². The van der Waals surface area contributed by atoms with Crippen molar-refractivity contribution in [3.05, 3.63) is 23.3 Å². The van der Waals surface area contributed by atoms with Crippen LogP contribution in [0.1, 0.15) is 106 Å². The normalized spacial score (nSPS) is 51.6. The van der Waals surface area contributed by atoms with Crippen LogP contribution in [0.2, 0.25) is 0 Å². The molecule has 32 nitrogen and oxygen atoms in total. The third-order valence-electron chi connectivity index (χ3n) is 22.1. The van der Waals surface area contributed by atoms with Crippen LogP contribution in [-0.2, 0) is 71.4 Å². The molecule has 9 fully saturated rings. The van der Waals surface area contributed by atoms with Gasteiger partial charge >= 0.3 is 10.4 Å². The molecule has 17 N–H and O–H groups in total. The van der Waals surface area contributed by atoms with Crippen molar-refractivity contribution in [2.75, 3.05) is 26.4 Å². The number of hydrogen-bond donors (Lipinski definition) is 17. The van der Waals surface area contributed by atoms with Crippen LogP contribution in [0.15, 0.2) is 23.3 Å². The van der Waals surface area contributed by atoms with Gasteiger partial charge in [0, 0.05) is 0 Å². The molecular formula is C61H100O32S. The van der Waals surface area contributed by atoms with E-state index in [0.29, 0.717) is 32.1 Å². The van der Waals surface area contributed by atoms with Gasteiger partial charge in [-0.25, -0.2) is 4.18 Å². The molecule has 542 valence electrons. The first kappa shape index (κ1) is 74.9. The van der Waals surface area contributed by atoms with Gasteiger partial charge in [-0.1, -0.05) is 37.1 Å². The van der Waals surface area contributed by atoms with Crippen molar-refractivity contribution in [1.29, 1.82) is 0 Å². The average Bonchev–Trinajstić information content (AvgIpc) is 1.35. The van der Waals surface area contributed by atoms with Crippen LogP contribution in [0.3, 0.4) is 0 Å². The van der Waals surface area contributed by atoms with Gasteiger partial charge in [0.15, 0.2) is 37.7 Å². The minimum atomic E-state index is -4.89. The van der Waals surface area contributed by atoms with Gasteiger partial charge in [0.1, 0.15) is 122 Å². The Morgan fingerprint density at radius 1 is 0.585 bits per heavy atom. The number of aliphatic hydroxyl groups is 16. The smallest absolute Gasteiger partial charge is 0.394 e. The predicted octanol–water partition coefficient (Wildman–Crippen LogP) is -4.50. The first-order valence-corrected chi connectivity index (χ1v) is 34.1. The first-order chi connectivity index (χ1) is 44.1. The summed E-state index contributed by atoms with van der Waals surface area (Å²) in [5, 5.41) is 178. The van der Waals surface area contributed by atoms with E-state index >= 15 is 0 Å².